The van der Waals surface area contributed by atoms with Crippen molar-refractivity contribution in [2.75, 3.05) is 17.7 Å². The lowest BCUT2D eigenvalue weighted by atomic mass is 9.91. The van der Waals surface area contributed by atoms with Gasteiger partial charge in [-0.3, -0.25) is 0 Å². The smallest absolute Gasteiger partial charge is 0.354 e. The van der Waals surface area contributed by atoms with Crippen molar-refractivity contribution in [3.63, 3.8) is 0 Å². The lowest BCUT2D eigenvalue weighted by Gasteiger charge is -2.36. The van der Waals surface area contributed by atoms with Gasteiger partial charge in [0.05, 0.1) is 17.8 Å². The SMILES string of the molecule is CN(c1nc(C(=O)O)ccc1N)C1CCCCC1O. The van der Waals surface area contributed by atoms with Gasteiger partial charge in [0.2, 0.25) is 0 Å². The van der Waals surface area contributed by atoms with Crippen LogP contribution in [0, 0.1) is 0 Å². The lowest BCUT2D eigenvalue weighted by molar-refractivity contribution is 0.0690. The number of likely N-dealkylation sites (N-methyl/N-ethyl adjacent to an activating group) is 1. The highest BCUT2D eigenvalue weighted by Gasteiger charge is 2.28. The lowest BCUT2D eigenvalue weighted by Crippen LogP contribution is -2.44. The molecule has 0 amide bonds. The third-order valence-electron chi connectivity index (χ3n) is 3.65. The molecule has 0 bridgehead atoms. The van der Waals surface area contributed by atoms with Gasteiger partial charge < -0.3 is 20.8 Å². The van der Waals surface area contributed by atoms with Gasteiger partial charge in [-0.05, 0) is 25.0 Å². The van der Waals surface area contributed by atoms with Crippen LogP contribution in [-0.2, 0) is 0 Å². The summed E-state index contributed by atoms with van der Waals surface area (Å²) in [7, 11) is 1.80. The number of nitrogens with two attached hydrogens (primary N) is 1. The van der Waals surface area contributed by atoms with E-state index in [0.29, 0.717) is 11.5 Å². The molecule has 1 aliphatic carbocycles. The average molecular weight is 265 g/mol. The number of carbonyl (C=O) groups is 1. The molecule has 1 saturated carbocycles. The van der Waals surface area contributed by atoms with Crippen molar-refractivity contribution in [2.24, 2.45) is 0 Å². The Bertz CT molecular complexity index is 478. The zero-order chi connectivity index (χ0) is 14.0. The van der Waals surface area contributed by atoms with Crippen LogP contribution in [0.25, 0.3) is 0 Å². The Morgan fingerprint density at radius 3 is 2.74 bits per heavy atom. The number of aromatic nitrogens is 1. The van der Waals surface area contributed by atoms with Gasteiger partial charge in [-0.15, -0.1) is 0 Å². The van der Waals surface area contributed by atoms with Gasteiger partial charge in [0, 0.05) is 7.05 Å². The first-order valence-electron chi connectivity index (χ1n) is 6.41. The van der Waals surface area contributed by atoms with E-state index in [-0.39, 0.29) is 11.7 Å². The van der Waals surface area contributed by atoms with Gasteiger partial charge in [-0.2, -0.15) is 0 Å². The largest absolute Gasteiger partial charge is 0.477 e. The number of nitrogen functional groups attached to an aromatic ring is 1. The molecule has 2 rings (SSSR count). The minimum atomic E-state index is -1.08. The molecule has 1 aromatic rings. The van der Waals surface area contributed by atoms with E-state index in [1.807, 2.05) is 0 Å². The predicted molar refractivity (Wildman–Crippen MR) is 72.3 cm³/mol. The Morgan fingerprint density at radius 1 is 1.42 bits per heavy atom. The highest BCUT2D eigenvalue weighted by molar-refractivity contribution is 5.87. The molecule has 2 unspecified atom stereocenters. The first kappa shape index (κ1) is 13.6. The Hall–Kier alpha value is -1.82. The quantitative estimate of drug-likeness (QED) is 0.756. The number of aliphatic hydroxyl groups excluding tert-OH is 1. The normalized spacial score (nSPS) is 23.1. The van der Waals surface area contributed by atoms with E-state index in [1.54, 1.807) is 11.9 Å². The monoisotopic (exact) mass is 265 g/mol. The van der Waals surface area contributed by atoms with Crippen LogP contribution in [0.2, 0.25) is 0 Å². The number of anilines is 2. The fourth-order valence-electron chi connectivity index (χ4n) is 2.56. The first-order valence-corrected chi connectivity index (χ1v) is 6.41. The molecule has 0 saturated heterocycles. The topological polar surface area (TPSA) is 99.7 Å². The molecule has 104 valence electrons. The van der Waals surface area contributed by atoms with Gasteiger partial charge in [0.25, 0.3) is 0 Å². The number of carboxylic acid groups (broad SMARTS) is 1. The number of carboxylic acids is 1. The molecule has 1 heterocycles. The van der Waals surface area contributed by atoms with Crippen molar-refractivity contribution in [3.05, 3.63) is 17.8 Å². The van der Waals surface area contributed by atoms with Gasteiger partial charge in [0.1, 0.15) is 0 Å². The van der Waals surface area contributed by atoms with E-state index in [4.69, 9.17) is 10.8 Å². The fourth-order valence-corrected chi connectivity index (χ4v) is 2.56. The van der Waals surface area contributed by atoms with Crippen LogP contribution in [0.3, 0.4) is 0 Å². The van der Waals surface area contributed by atoms with Gasteiger partial charge in [-0.1, -0.05) is 12.8 Å². The van der Waals surface area contributed by atoms with E-state index >= 15 is 0 Å². The van der Waals surface area contributed by atoms with Crippen LogP contribution in [-0.4, -0.2) is 40.4 Å². The first-order chi connectivity index (χ1) is 9.00. The number of nitrogens with zero attached hydrogens (tertiary/aromatic N) is 2. The van der Waals surface area contributed by atoms with Crippen molar-refractivity contribution in [3.8, 4) is 0 Å². The summed E-state index contributed by atoms with van der Waals surface area (Å²) in [6.45, 7) is 0. The summed E-state index contributed by atoms with van der Waals surface area (Å²) in [5.41, 5.74) is 6.25. The molecule has 6 heteroatoms. The summed E-state index contributed by atoms with van der Waals surface area (Å²) in [5, 5.41) is 19.0. The second-order valence-electron chi connectivity index (χ2n) is 4.94. The third-order valence-corrected chi connectivity index (χ3v) is 3.65. The summed E-state index contributed by atoms with van der Waals surface area (Å²) >= 11 is 0. The maximum Gasteiger partial charge on any atom is 0.354 e. The minimum absolute atomic E-state index is 0.0404. The third kappa shape index (κ3) is 2.78. The number of aliphatic hydroxyl groups is 1. The molecule has 1 aliphatic rings. The minimum Gasteiger partial charge on any atom is -0.477 e. The molecule has 4 N–H and O–H groups in total. The molecular formula is C13H19N3O3. The summed E-state index contributed by atoms with van der Waals surface area (Å²) in [6, 6.07) is 2.86. The summed E-state index contributed by atoms with van der Waals surface area (Å²) in [5.74, 6) is -0.662. The van der Waals surface area contributed by atoms with Crippen LogP contribution in [0.15, 0.2) is 12.1 Å². The molecule has 6 nitrogen and oxygen atoms in total. The molecule has 19 heavy (non-hydrogen) atoms. The van der Waals surface area contributed by atoms with E-state index in [9.17, 15) is 9.90 Å². The van der Waals surface area contributed by atoms with Crippen molar-refractivity contribution in [1.82, 2.24) is 4.98 Å². The Labute approximate surface area is 111 Å². The van der Waals surface area contributed by atoms with Crippen molar-refractivity contribution >= 4 is 17.5 Å². The number of hydrogen-bond donors (Lipinski definition) is 3. The fraction of sp³-hybridized carbons (Fsp3) is 0.538. The van der Waals surface area contributed by atoms with Crippen LogP contribution in [0.4, 0.5) is 11.5 Å². The van der Waals surface area contributed by atoms with E-state index in [2.05, 4.69) is 4.98 Å². The maximum atomic E-state index is 11.0. The number of aromatic carboxylic acids is 1. The molecule has 0 aromatic carbocycles. The second-order valence-corrected chi connectivity index (χ2v) is 4.94. The number of pyridine rings is 1. The Kier molecular flexibility index (Phi) is 3.90. The molecule has 2 atom stereocenters. The highest BCUT2D eigenvalue weighted by atomic mass is 16.4. The van der Waals surface area contributed by atoms with E-state index in [1.165, 1.54) is 12.1 Å². The molecule has 0 aliphatic heterocycles. The van der Waals surface area contributed by atoms with Crippen LogP contribution < -0.4 is 10.6 Å². The van der Waals surface area contributed by atoms with Gasteiger partial charge in [0.15, 0.2) is 11.5 Å². The zero-order valence-electron chi connectivity index (χ0n) is 10.9. The molecule has 1 aromatic heterocycles. The molecule has 0 spiro atoms. The number of rotatable bonds is 3. The average Bonchev–Trinajstić information content (AvgIpc) is 2.38. The zero-order valence-corrected chi connectivity index (χ0v) is 10.9. The van der Waals surface area contributed by atoms with Crippen LogP contribution in [0.5, 0.6) is 0 Å². The van der Waals surface area contributed by atoms with Crippen LogP contribution >= 0.6 is 0 Å². The van der Waals surface area contributed by atoms with Crippen molar-refractivity contribution < 1.29 is 15.0 Å². The molecular weight excluding hydrogens is 246 g/mol. The van der Waals surface area contributed by atoms with Crippen molar-refractivity contribution in [1.29, 1.82) is 0 Å². The molecule has 0 radical (unpaired) electrons. The molecule has 1 fully saturated rings. The Morgan fingerprint density at radius 2 is 2.11 bits per heavy atom. The standard InChI is InChI=1S/C13H19N3O3/c1-16(10-4-2-3-5-11(10)17)12-8(14)6-7-9(15-12)13(18)19/h6-7,10-11,17H,2-5,14H2,1H3,(H,18,19). The van der Waals surface area contributed by atoms with Gasteiger partial charge in [-0.25, -0.2) is 9.78 Å². The highest BCUT2D eigenvalue weighted by Crippen LogP contribution is 2.28. The maximum absolute atomic E-state index is 11.0. The van der Waals surface area contributed by atoms with Crippen LogP contribution in [0.1, 0.15) is 36.2 Å². The van der Waals surface area contributed by atoms with Crippen molar-refractivity contribution in [2.45, 2.75) is 37.8 Å². The second kappa shape index (κ2) is 5.44. The van der Waals surface area contributed by atoms with E-state index in [0.717, 1.165) is 25.7 Å². The van der Waals surface area contributed by atoms with Gasteiger partial charge >= 0.3 is 5.97 Å². The number of hydrogen-bond acceptors (Lipinski definition) is 5. The predicted octanol–water partition coefficient (Wildman–Crippen LogP) is 1.10. The van der Waals surface area contributed by atoms with E-state index < -0.39 is 12.1 Å². The summed E-state index contributed by atoms with van der Waals surface area (Å²) < 4.78 is 0. The summed E-state index contributed by atoms with van der Waals surface area (Å²) in [6.07, 6.45) is 3.26. The Balaban J connectivity index is 2.29. The summed E-state index contributed by atoms with van der Waals surface area (Å²) in [4.78, 5) is 16.8.